The van der Waals surface area contributed by atoms with Crippen LogP contribution >= 0.6 is 0 Å². The van der Waals surface area contributed by atoms with E-state index in [1.807, 2.05) is 24.3 Å². The normalized spacial score (nSPS) is 26.9. The number of hydrogen-bond donors (Lipinski definition) is 0. The monoisotopic (exact) mass is 321 g/mol. The number of hydrogen-bond acceptors (Lipinski definition) is 3. The predicted molar refractivity (Wildman–Crippen MR) is 87.4 cm³/mol. The molecule has 0 N–H and O–H groups in total. The zero-order valence-corrected chi connectivity index (χ0v) is 12.9. The molecule has 0 amide bonds. The van der Waals surface area contributed by atoms with Crippen LogP contribution in [0.3, 0.4) is 0 Å². The molecule has 2 aliphatic heterocycles. The fourth-order valence-corrected chi connectivity index (χ4v) is 4.30. The minimum Gasteiger partial charge on any atom is -0.294 e. The average molecular weight is 321 g/mol. The summed E-state index contributed by atoms with van der Waals surface area (Å²) in [6, 6.07) is 8.53. The molecule has 2 bridgehead atoms. The van der Waals surface area contributed by atoms with Gasteiger partial charge in [0.2, 0.25) is 0 Å². The highest BCUT2D eigenvalue weighted by Gasteiger charge is 2.51. The lowest BCUT2D eigenvalue weighted by molar-refractivity contribution is -0.114. The maximum absolute atomic E-state index is 13.2. The first-order valence-corrected chi connectivity index (χ1v) is 8.08. The van der Waals surface area contributed by atoms with E-state index < -0.39 is 5.54 Å². The quantitative estimate of drug-likeness (QED) is 0.744. The van der Waals surface area contributed by atoms with Gasteiger partial charge in [0.25, 0.3) is 0 Å². The molecule has 2 aliphatic carbocycles. The fourth-order valence-electron chi connectivity index (χ4n) is 4.30. The first-order chi connectivity index (χ1) is 11.6. The summed E-state index contributed by atoms with van der Waals surface area (Å²) in [6.45, 7) is 0. The summed E-state index contributed by atoms with van der Waals surface area (Å²) in [4.78, 5) is 38.5. The van der Waals surface area contributed by atoms with E-state index in [9.17, 15) is 14.4 Å². The molecule has 1 saturated carbocycles. The van der Waals surface area contributed by atoms with Crippen molar-refractivity contribution >= 4 is 5.78 Å². The number of para-hydroxylation sites is 1. The number of rotatable bonds is 1. The molecule has 6 nitrogen and oxygen atoms in total. The Labute approximate surface area is 136 Å². The molecule has 6 rings (SSSR count). The number of nitrogens with zero attached hydrogens (tertiary/aromatic N) is 3. The second-order valence-corrected chi connectivity index (χ2v) is 6.55. The van der Waals surface area contributed by atoms with E-state index in [1.165, 1.54) is 13.9 Å². The molecule has 24 heavy (non-hydrogen) atoms. The van der Waals surface area contributed by atoms with Crippen LogP contribution < -0.4 is 11.4 Å². The molecule has 2 atom stereocenters. The maximum atomic E-state index is 13.2. The lowest BCUT2D eigenvalue weighted by Crippen LogP contribution is -2.47. The number of benzene rings is 1. The smallest absolute Gasteiger partial charge is 0.294 e. The standard InChI is InChI=1S/C18H15N3O3/c22-15-8-10-18-9-4-7-13(11-14(15)18)20-16(23)19(17(24)21(18)20)12-5-2-1-3-6-12/h1-7,11,13H,8-10H2. The van der Waals surface area contributed by atoms with E-state index in [4.69, 9.17) is 0 Å². The molecule has 6 heteroatoms. The molecular weight excluding hydrogens is 306 g/mol. The zero-order valence-electron chi connectivity index (χ0n) is 12.9. The topological polar surface area (TPSA) is 66.0 Å². The number of aromatic nitrogens is 3. The van der Waals surface area contributed by atoms with Gasteiger partial charge in [-0.15, -0.1) is 0 Å². The van der Waals surface area contributed by atoms with Crippen LogP contribution in [0.25, 0.3) is 5.69 Å². The van der Waals surface area contributed by atoms with Crippen LogP contribution in [-0.2, 0) is 10.3 Å². The first-order valence-electron chi connectivity index (χ1n) is 8.08. The van der Waals surface area contributed by atoms with Gasteiger partial charge in [-0.05, 0) is 31.1 Å². The number of fused-ring (bicyclic) bond motifs is 1. The summed E-state index contributed by atoms with van der Waals surface area (Å²) >= 11 is 0. The number of Topliss-reactive ketones (excluding diaryl/α,β-unsaturated/α-hetero) is 1. The molecular formula is C18H15N3O3. The third kappa shape index (κ3) is 1.43. The van der Waals surface area contributed by atoms with Crippen LogP contribution in [-0.4, -0.2) is 19.7 Å². The Bertz CT molecular complexity index is 1050. The van der Waals surface area contributed by atoms with Gasteiger partial charge in [0, 0.05) is 12.0 Å². The maximum Gasteiger partial charge on any atom is 0.352 e. The van der Waals surface area contributed by atoms with Gasteiger partial charge in [-0.25, -0.2) is 23.5 Å². The van der Waals surface area contributed by atoms with Gasteiger partial charge in [-0.2, -0.15) is 0 Å². The van der Waals surface area contributed by atoms with Gasteiger partial charge in [-0.1, -0.05) is 30.4 Å². The Balaban J connectivity index is 1.89. The molecule has 1 fully saturated rings. The van der Waals surface area contributed by atoms with Gasteiger partial charge in [0.1, 0.15) is 0 Å². The predicted octanol–water partition coefficient (Wildman–Crippen LogP) is 1.30. The van der Waals surface area contributed by atoms with E-state index in [-0.39, 0.29) is 23.2 Å². The van der Waals surface area contributed by atoms with Crippen molar-refractivity contribution in [1.82, 2.24) is 13.9 Å². The van der Waals surface area contributed by atoms with Crippen molar-refractivity contribution in [2.24, 2.45) is 0 Å². The van der Waals surface area contributed by atoms with Gasteiger partial charge >= 0.3 is 11.4 Å². The summed E-state index contributed by atoms with van der Waals surface area (Å²) in [5, 5.41) is 0. The first kappa shape index (κ1) is 13.5. The highest BCUT2D eigenvalue weighted by atomic mass is 16.2. The van der Waals surface area contributed by atoms with Crippen LogP contribution in [0.5, 0.6) is 0 Å². The highest BCUT2D eigenvalue weighted by molar-refractivity contribution is 6.00. The Morgan fingerprint density at radius 1 is 1.04 bits per heavy atom. The molecule has 0 radical (unpaired) electrons. The van der Waals surface area contributed by atoms with E-state index >= 15 is 0 Å². The van der Waals surface area contributed by atoms with E-state index in [2.05, 4.69) is 0 Å². The molecule has 2 unspecified atom stereocenters. The average Bonchev–Trinajstić information content (AvgIpc) is 2.90. The molecule has 2 aromatic rings. The second kappa shape index (κ2) is 4.35. The van der Waals surface area contributed by atoms with Gasteiger partial charge in [0.05, 0.1) is 17.3 Å². The molecule has 1 aromatic heterocycles. The number of carbonyl (C=O) groups is 1. The van der Waals surface area contributed by atoms with Crippen LogP contribution in [0.2, 0.25) is 0 Å². The molecule has 1 spiro atoms. The highest BCUT2D eigenvalue weighted by Crippen LogP contribution is 2.47. The van der Waals surface area contributed by atoms with Gasteiger partial charge in [0.15, 0.2) is 5.78 Å². The summed E-state index contributed by atoms with van der Waals surface area (Å²) in [7, 11) is 0. The van der Waals surface area contributed by atoms with Gasteiger partial charge < -0.3 is 0 Å². The van der Waals surface area contributed by atoms with Crippen molar-refractivity contribution in [2.75, 3.05) is 0 Å². The molecule has 3 heterocycles. The minimum absolute atomic E-state index is 0.0850. The second-order valence-electron chi connectivity index (χ2n) is 6.55. The third-order valence-corrected chi connectivity index (χ3v) is 5.37. The SMILES string of the molecule is O=C1CCC23CC=CC(C=C12)n1c(=O)n(-c2ccccc2)c(=O)n13. The van der Waals surface area contributed by atoms with Crippen LogP contribution in [0.1, 0.15) is 25.3 Å². The van der Waals surface area contributed by atoms with Crippen molar-refractivity contribution in [1.29, 1.82) is 0 Å². The van der Waals surface area contributed by atoms with E-state index in [0.29, 0.717) is 30.5 Å². The fraction of sp³-hybridized carbons (Fsp3) is 0.278. The Morgan fingerprint density at radius 3 is 2.62 bits per heavy atom. The third-order valence-electron chi connectivity index (χ3n) is 5.37. The van der Waals surface area contributed by atoms with Gasteiger partial charge in [-0.3, -0.25) is 4.79 Å². The lowest BCUT2D eigenvalue weighted by atomic mass is 9.88. The summed E-state index contributed by atoms with van der Waals surface area (Å²) in [5.74, 6) is 0.0850. The summed E-state index contributed by atoms with van der Waals surface area (Å²) in [6.07, 6.45) is 7.29. The van der Waals surface area contributed by atoms with Crippen LogP contribution in [0.15, 0.2) is 63.7 Å². The van der Waals surface area contributed by atoms with E-state index in [1.54, 1.807) is 24.3 Å². The van der Waals surface area contributed by atoms with Crippen molar-refractivity contribution in [3.63, 3.8) is 0 Å². The Morgan fingerprint density at radius 2 is 1.83 bits per heavy atom. The minimum atomic E-state index is -0.711. The lowest BCUT2D eigenvalue weighted by Gasteiger charge is -2.34. The number of allylic oxidation sites excluding steroid dienone is 4. The van der Waals surface area contributed by atoms with Crippen molar-refractivity contribution < 1.29 is 4.79 Å². The van der Waals surface area contributed by atoms with E-state index in [0.717, 1.165) is 0 Å². The van der Waals surface area contributed by atoms with Crippen LogP contribution in [0.4, 0.5) is 0 Å². The largest absolute Gasteiger partial charge is 0.352 e. The molecule has 120 valence electrons. The molecule has 4 aliphatic rings. The zero-order chi connectivity index (χ0) is 16.5. The number of carbonyl (C=O) groups excluding carboxylic acids is 1. The number of ketones is 1. The Kier molecular flexibility index (Phi) is 2.45. The summed E-state index contributed by atoms with van der Waals surface area (Å²) < 4.78 is 4.24. The molecule has 1 aromatic carbocycles. The van der Waals surface area contributed by atoms with Crippen molar-refractivity contribution in [3.8, 4) is 5.69 Å². The summed E-state index contributed by atoms with van der Waals surface area (Å²) in [5.41, 5.74) is -0.218. The van der Waals surface area contributed by atoms with Crippen molar-refractivity contribution in [3.05, 3.63) is 75.1 Å². The molecule has 0 saturated heterocycles. The van der Waals surface area contributed by atoms with Crippen LogP contribution in [0, 0.1) is 0 Å². The van der Waals surface area contributed by atoms with Crippen molar-refractivity contribution in [2.45, 2.75) is 30.8 Å². The Hall–Kier alpha value is -2.89.